The van der Waals surface area contributed by atoms with E-state index in [2.05, 4.69) is 26.2 Å². The van der Waals surface area contributed by atoms with Crippen LogP contribution in [-0.2, 0) is 13.2 Å². The fourth-order valence-corrected chi connectivity index (χ4v) is 1.70. The highest BCUT2D eigenvalue weighted by Gasteiger charge is 2.05. The Morgan fingerprint density at radius 2 is 2.25 bits per heavy atom. The van der Waals surface area contributed by atoms with E-state index in [-0.39, 0.29) is 12.4 Å². The van der Waals surface area contributed by atoms with Crippen LogP contribution in [0.5, 0.6) is 0 Å². The number of hydrogen-bond acceptors (Lipinski definition) is 3. The zero-order valence-corrected chi connectivity index (χ0v) is 9.85. The molecule has 0 aliphatic carbocycles. The Labute approximate surface area is 99.8 Å². The Hall–Kier alpha value is -1.27. The van der Waals surface area contributed by atoms with Gasteiger partial charge in [-0.05, 0) is 23.8 Å². The van der Waals surface area contributed by atoms with E-state index in [1.54, 1.807) is 16.9 Å². The predicted molar refractivity (Wildman–Crippen MR) is 59.1 cm³/mol. The average molecular weight is 286 g/mol. The summed E-state index contributed by atoms with van der Waals surface area (Å²) in [7, 11) is 0. The molecule has 0 fully saturated rings. The van der Waals surface area contributed by atoms with E-state index in [4.69, 9.17) is 5.11 Å². The van der Waals surface area contributed by atoms with Crippen LogP contribution in [0.3, 0.4) is 0 Å². The highest BCUT2D eigenvalue weighted by atomic mass is 79.9. The molecular weight excluding hydrogens is 277 g/mol. The Kier molecular flexibility index (Phi) is 3.31. The van der Waals surface area contributed by atoms with Gasteiger partial charge in [-0.15, -0.1) is 5.10 Å². The molecule has 0 aliphatic heterocycles. The molecule has 0 atom stereocenters. The van der Waals surface area contributed by atoms with Crippen molar-refractivity contribution in [2.24, 2.45) is 0 Å². The van der Waals surface area contributed by atoms with Gasteiger partial charge in [-0.3, -0.25) is 0 Å². The topological polar surface area (TPSA) is 50.9 Å². The number of nitrogens with zero attached hydrogens (tertiary/aromatic N) is 3. The molecule has 0 aliphatic rings. The monoisotopic (exact) mass is 285 g/mol. The average Bonchev–Trinajstić information content (AvgIpc) is 2.71. The van der Waals surface area contributed by atoms with Crippen molar-refractivity contribution in [3.8, 4) is 0 Å². The number of hydrogen-bond donors (Lipinski definition) is 1. The van der Waals surface area contributed by atoms with Crippen molar-refractivity contribution in [1.82, 2.24) is 15.0 Å². The van der Waals surface area contributed by atoms with E-state index in [1.807, 2.05) is 0 Å². The molecule has 0 bridgehead atoms. The van der Waals surface area contributed by atoms with Gasteiger partial charge in [-0.25, -0.2) is 9.07 Å². The summed E-state index contributed by atoms with van der Waals surface area (Å²) < 4.78 is 15.4. The zero-order valence-electron chi connectivity index (χ0n) is 8.27. The van der Waals surface area contributed by atoms with Crippen LogP contribution in [0.1, 0.15) is 11.3 Å². The number of halogens is 2. The molecular formula is C10H9BrFN3O. The molecule has 0 amide bonds. The van der Waals surface area contributed by atoms with E-state index in [0.29, 0.717) is 12.2 Å². The van der Waals surface area contributed by atoms with Crippen molar-refractivity contribution in [3.63, 3.8) is 0 Å². The standard InChI is InChI=1S/C10H9BrFN3O/c11-10-2-1-8(12)3-7(10)4-15-5-9(6-16)13-14-15/h1-3,5,16H,4,6H2. The number of rotatable bonds is 3. The number of benzene rings is 1. The van der Waals surface area contributed by atoms with E-state index in [0.717, 1.165) is 10.0 Å². The molecule has 0 spiro atoms. The molecule has 2 rings (SSSR count). The summed E-state index contributed by atoms with van der Waals surface area (Å²) in [6, 6.07) is 4.47. The Balaban J connectivity index is 2.22. The molecule has 16 heavy (non-hydrogen) atoms. The van der Waals surface area contributed by atoms with Crippen LogP contribution >= 0.6 is 15.9 Å². The molecule has 1 N–H and O–H groups in total. The van der Waals surface area contributed by atoms with Crippen molar-refractivity contribution in [1.29, 1.82) is 0 Å². The maximum atomic E-state index is 13.0. The second kappa shape index (κ2) is 4.71. The molecule has 0 radical (unpaired) electrons. The summed E-state index contributed by atoms with van der Waals surface area (Å²) in [5.74, 6) is -0.291. The lowest BCUT2D eigenvalue weighted by molar-refractivity contribution is 0.276. The van der Waals surface area contributed by atoms with Gasteiger partial charge in [0, 0.05) is 4.47 Å². The molecule has 4 nitrogen and oxygen atoms in total. The normalized spacial score (nSPS) is 10.7. The van der Waals surface area contributed by atoms with Crippen molar-refractivity contribution < 1.29 is 9.50 Å². The quantitative estimate of drug-likeness (QED) is 0.934. The van der Waals surface area contributed by atoms with Crippen LogP contribution < -0.4 is 0 Å². The predicted octanol–water partition coefficient (Wildman–Crippen LogP) is 1.72. The van der Waals surface area contributed by atoms with Crippen LogP contribution in [0.2, 0.25) is 0 Å². The maximum Gasteiger partial charge on any atom is 0.123 e. The minimum atomic E-state index is -0.291. The molecule has 0 unspecified atom stereocenters. The van der Waals surface area contributed by atoms with Gasteiger partial charge >= 0.3 is 0 Å². The summed E-state index contributed by atoms with van der Waals surface area (Å²) in [6.07, 6.45) is 1.62. The first-order chi connectivity index (χ1) is 7.69. The third-order valence-corrected chi connectivity index (χ3v) is 2.86. The molecule has 1 aromatic carbocycles. The van der Waals surface area contributed by atoms with Gasteiger partial charge in [0.1, 0.15) is 11.5 Å². The fraction of sp³-hybridized carbons (Fsp3) is 0.200. The van der Waals surface area contributed by atoms with Crippen LogP contribution in [0.4, 0.5) is 4.39 Å². The Morgan fingerprint density at radius 1 is 1.44 bits per heavy atom. The first-order valence-corrected chi connectivity index (χ1v) is 5.42. The SMILES string of the molecule is OCc1cn(Cc2cc(F)ccc2Br)nn1. The van der Waals surface area contributed by atoms with Gasteiger partial charge in [-0.1, -0.05) is 21.1 Å². The molecule has 2 aromatic rings. The van der Waals surface area contributed by atoms with Gasteiger partial charge in [-0.2, -0.15) is 0 Å². The van der Waals surface area contributed by atoms with E-state index >= 15 is 0 Å². The number of aromatic nitrogens is 3. The van der Waals surface area contributed by atoms with Crippen LogP contribution in [0, 0.1) is 5.82 Å². The Bertz CT molecular complexity index is 501. The van der Waals surface area contributed by atoms with Crippen molar-refractivity contribution in [2.75, 3.05) is 0 Å². The number of aliphatic hydroxyl groups excluding tert-OH is 1. The van der Waals surface area contributed by atoms with Crippen LogP contribution in [-0.4, -0.2) is 20.1 Å². The maximum absolute atomic E-state index is 13.0. The minimum Gasteiger partial charge on any atom is -0.390 e. The van der Waals surface area contributed by atoms with Crippen molar-refractivity contribution in [2.45, 2.75) is 13.2 Å². The van der Waals surface area contributed by atoms with Gasteiger partial charge < -0.3 is 5.11 Å². The van der Waals surface area contributed by atoms with Crippen molar-refractivity contribution in [3.05, 3.63) is 45.9 Å². The summed E-state index contributed by atoms with van der Waals surface area (Å²) in [6.45, 7) is 0.260. The molecule has 1 heterocycles. The summed E-state index contributed by atoms with van der Waals surface area (Å²) >= 11 is 3.33. The van der Waals surface area contributed by atoms with E-state index in [1.165, 1.54) is 12.1 Å². The first kappa shape index (κ1) is 11.2. The molecule has 0 saturated carbocycles. The number of aliphatic hydroxyl groups is 1. The van der Waals surface area contributed by atoms with Gasteiger partial charge in [0.2, 0.25) is 0 Å². The molecule has 84 valence electrons. The molecule has 0 saturated heterocycles. The summed E-state index contributed by atoms with van der Waals surface area (Å²) in [4.78, 5) is 0. The van der Waals surface area contributed by atoms with Gasteiger partial charge in [0.15, 0.2) is 0 Å². The van der Waals surface area contributed by atoms with Crippen LogP contribution in [0.25, 0.3) is 0 Å². The Morgan fingerprint density at radius 3 is 2.94 bits per heavy atom. The summed E-state index contributed by atoms with van der Waals surface area (Å²) in [5, 5.41) is 16.4. The van der Waals surface area contributed by atoms with Gasteiger partial charge in [0.05, 0.1) is 19.3 Å². The zero-order chi connectivity index (χ0) is 11.5. The minimum absolute atomic E-state index is 0.148. The van der Waals surface area contributed by atoms with E-state index < -0.39 is 0 Å². The lowest BCUT2D eigenvalue weighted by Gasteiger charge is -2.03. The highest BCUT2D eigenvalue weighted by Crippen LogP contribution is 2.18. The second-order valence-electron chi connectivity index (χ2n) is 3.30. The lowest BCUT2D eigenvalue weighted by Crippen LogP contribution is -2.01. The molecule has 6 heteroatoms. The second-order valence-corrected chi connectivity index (χ2v) is 4.16. The largest absolute Gasteiger partial charge is 0.390 e. The van der Waals surface area contributed by atoms with E-state index in [9.17, 15) is 4.39 Å². The van der Waals surface area contributed by atoms with Gasteiger partial charge in [0.25, 0.3) is 0 Å². The third-order valence-electron chi connectivity index (χ3n) is 2.09. The van der Waals surface area contributed by atoms with Crippen LogP contribution in [0.15, 0.2) is 28.9 Å². The smallest absolute Gasteiger partial charge is 0.123 e. The highest BCUT2D eigenvalue weighted by molar-refractivity contribution is 9.10. The lowest BCUT2D eigenvalue weighted by atomic mass is 10.2. The van der Waals surface area contributed by atoms with Crippen molar-refractivity contribution >= 4 is 15.9 Å². The third kappa shape index (κ3) is 2.45. The first-order valence-electron chi connectivity index (χ1n) is 4.63. The fourth-order valence-electron chi connectivity index (χ4n) is 1.33. The summed E-state index contributed by atoms with van der Waals surface area (Å²) in [5.41, 5.74) is 1.27. The molecule has 1 aromatic heterocycles.